The molecule has 0 N–H and O–H groups in total. The number of rotatable bonds is 4. The third-order valence-corrected chi connectivity index (χ3v) is 7.21. The molecule has 2 amide bonds. The number of thiazole rings is 1. The molecule has 152 valence electrons. The van der Waals surface area contributed by atoms with Crippen LogP contribution >= 0.6 is 22.7 Å². The number of carbonyl (C=O) groups excluding carboxylic acids is 2. The molecule has 0 spiro atoms. The number of tetrazole rings is 1. The summed E-state index contributed by atoms with van der Waals surface area (Å²) in [5, 5.41) is 11.7. The van der Waals surface area contributed by atoms with Crippen LogP contribution in [-0.2, 0) is 11.3 Å². The average Bonchev–Trinajstić information content (AvgIpc) is 3.53. The van der Waals surface area contributed by atoms with Crippen LogP contribution in [-0.4, -0.2) is 73.0 Å². The number of benzene rings is 1. The zero-order valence-electron chi connectivity index (χ0n) is 15.8. The largest absolute Gasteiger partial charge is 0.338 e. The molecule has 0 unspecified atom stereocenters. The van der Waals surface area contributed by atoms with Gasteiger partial charge in [-0.25, -0.2) is 9.67 Å². The summed E-state index contributed by atoms with van der Waals surface area (Å²) in [5.41, 5.74) is 0.973. The van der Waals surface area contributed by atoms with Gasteiger partial charge in [-0.3, -0.25) is 9.59 Å². The van der Waals surface area contributed by atoms with E-state index in [2.05, 4.69) is 26.6 Å². The first-order chi connectivity index (χ1) is 14.7. The number of hydrogen-bond acceptors (Lipinski definition) is 8. The fourth-order valence-electron chi connectivity index (χ4n) is 3.35. The molecule has 30 heavy (non-hydrogen) atoms. The van der Waals surface area contributed by atoms with Crippen LogP contribution < -0.4 is 0 Å². The number of para-hydroxylation sites is 1. The Bertz CT molecular complexity index is 1160. The number of fused-ring (bicyclic) bond motifs is 1. The maximum atomic E-state index is 12.9. The SMILES string of the molecule is O=C(Cn1cnnn1)N1CCN(C(=O)c2ccc(-c3nc4ccccc4s3)s2)CC1. The zero-order valence-corrected chi connectivity index (χ0v) is 17.5. The lowest BCUT2D eigenvalue weighted by Gasteiger charge is -2.34. The van der Waals surface area contributed by atoms with E-state index < -0.39 is 0 Å². The van der Waals surface area contributed by atoms with Crippen LogP contribution in [0.15, 0.2) is 42.7 Å². The Balaban J connectivity index is 1.22. The van der Waals surface area contributed by atoms with E-state index in [0.29, 0.717) is 31.1 Å². The number of amides is 2. The topological polar surface area (TPSA) is 97.1 Å². The van der Waals surface area contributed by atoms with Crippen LogP contribution in [0.3, 0.4) is 0 Å². The summed E-state index contributed by atoms with van der Waals surface area (Å²) in [6, 6.07) is 11.8. The van der Waals surface area contributed by atoms with E-state index in [9.17, 15) is 9.59 Å². The van der Waals surface area contributed by atoms with Crippen molar-refractivity contribution in [3.05, 3.63) is 47.6 Å². The van der Waals surface area contributed by atoms with Gasteiger partial charge in [-0.15, -0.1) is 27.8 Å². The summed E-state index contributed by atoms with van der Waals surface area (Å²) in [5.74, 6) is -0.0522. The fourth-order valence-corrected chi connectivity index (χ4v) is 5.35. The van der Waals surface area contributed by atoms with Gasteiger partial charge in [0.05, 0.1) is 20.0 Å². The summed E-state index contributed by atoms with van der Waals surface area (Å²) in [4.78, 5) is 35.2. The van der Waals surface area contributed by atoms with Gasteiger partial charge in [0.1, 0.15) is 17.9 Å². The molecule has 0 aliphatic carbocycles. The third kappa shape index (κ3) is 3.68. The number of thiophene rings is 1. The molecular formula is C19H17N7O2S2. The summed E-state index contributed by atoms with van der Waals surface area (Å²) in [6.07, 6.45) is 1.41. The van der Waals surface area contributed by atoms with Crippen LogP contribution in [0.5, 0.6) is 0 Å². The van der Waals surface area contributed by atoms with Gasteiger partial charge >= 0.3 is 0 Å². The second-order valence-corrected chi connectivity index (χ2v) is 8.95. The maximum Gasteiger partial charge on any atom is 0.264 e. The number of carbonyl (C=O) groups is 2. The van der Waals surface area contributed by atoms with E-state index in [-0.39, 0.29) is 18.4 Å². The van der Waals surface area contributed by atoms with Crippen LogP contribution in [0.2, 0.25) is 0 Å². The number of aromatic nitrogens is 5. The predicted octanol–water partition coefficient (Wildman–Crippen LogP) is 2.00. The standard InChI is InChI=1S/C19H17N7O2S2/c27-17(11-26-12-20-22-23-26)24-7-9-25(10-8-24)19(28)16-6-5-15(29-16)18-21-13-3-1-2-4-14(13)30-18/h1-6,12H,7-11H2. The molecule has 1 saturated heterocycles. The Morgan fingerprint density at radius 3 is 2.53 bits per heavy atom. The summed E-state index contributed by atoms with van der Waals surface area (Å²) >= 11 is 3.09. The molecule has 4 aromatic rings. The first-order valence-electron chi connectivity index (χ1n) is 9.41. The Kier molecular flexibility index (Phi) is 4.97. The van der Waals surface area contributed by atoms with Crippen molar-refractivity contribution < 1.29 is 9.59 Å². The van der Waals surface area contributed by atoms with Crippen molar-refractivity contribution >= 4 is 44.7 Å². The van der Waals surface area contributed by atoms with Gasteiger partial charge in [0.15, 0.2) is 0 Å². The molecule has 0 bridgehead atoms. The Morgan fingerprint density at radius 2 is 1.77 bits per heavy atom. The number of piperazine rings is 1. The fraction of sp³-hybridized carbons (Fsp3) is 0.263. The van der Waals surface area contributed by atoms with Crippen molar-refractivity contribution in [2.75, 3.05) is 26.2 Å². The van der Waals surface area contributed by atoms with Gasteiger partial charge < -0.3 is 9.80 Å². The minimum atomic E-state index is -0.0522. The molecule has 1 aliphatic heterocycles. The minimum absolute atomic E-state index is 0.0000589. The lowest BCUT2D eigenvalue weighted by atomic mass is 10.3. The van der Waals surface area contributed by atoms with Gasteiger partial charge in [-0.05, 0) is 34.7 Å². The van der Waals surface area contributed by atoms with Crippen LogP contribution in [0.25, 0.3) is 20.1 Å². The molecule has 5 rings (SSSR count). The second-order valence-electron chi connectivity index (χ2n) is 6.83. The smallest absolute Gasteiger partial charge is 0.264 e. The highest BCUT2D eigenvalue weighted by Gasteiger charge is 2.26. The van der Waals surface area contributed by atoms with Crippen LogP contribution in [0.1, 0.15) is 9.67 Å². The first kappa shape index (κ1) is 18.8. The average molecular weight is 440 g/mol. The Labute approximate surface area is 179 Å². The normalized spacial score (nSPS) is 14.4. The molecule has 9 nitrogen and oxygen atoms in total. The Morgan fingerprint density at radius 1 is 0.967 bits per heavy atom. The van der Waals surface area contributed by atoms with Gasteiger partial charge in [0.2, 0.25) is 5.91 Å². The van der Waals surface area contributed by atoms with Crippen LogP contribution in [0, 0.1) is 0 Å². The number of hydrogen-bond donors (Lipinski definition) is 0. The van der Waals surface area contributed by atoms with Crippen molar-refractivity contribution in [2.24, 2.45) is 0 Å². The highest BCUT2D eigenvalue weighted by molar-refractivity contribution is 7.26. The van der Waals surface area contributed by atoms with Gasteiger partial charge in [-0.2, -0.15) is 0 Å². The van der Waals surface area contributed by atoms with E-state index >= 15 is 0 Å². The molecule has 11 heteroatoms. The predicted molar refractivity (Wildman–Crippen MR) is 113 cm³/mol. The van der Waals surface area contributed by atoms with Gasteiger partial charge in [0.25, 0.3) is 5.91 Å². The molecule has 0 radical (unpaired) electrons. The summed E-state index contributed by atoms with van der Waals surface area (Å²) < 4.78 is 2.53. The van der Waals surface area contributed by atoms with E-state index in [1.165, 1.54) is 22.3 Å². The number of nitrogens with zero attached hydrogens (tertiary/aromatic N) is 7. The molecule has 0 atom stereocenters. The van der Waals surface area contributed by atoms with Gasteiger partial charge in [0, 0.05) is 26.2 Å². The van der Waals surface area contributed by atoms with E-state index in [4.69, 9.17) is 0 Å². The van der Waals surface area contributed by atoms with Crippen molar-refractivity contribution in [1.82, 2.24) is 35.0 Å². The Hall–Kier alpha value is -3.18. The molecule has 1 fully saturated rings. The molecule has 4 heterocycles. The minimum Gasteiger partial charge on any atom is -0.338 e. The van der Waals surface area contributed by atoms with E-state index in [0.717, 1.165) is 20.1 Å². The summed E-state index contributed by atoms with van der Waals surface area (Å²) in [7, 11) is 0. The van der Waals surface area contributed by atoms with E-state index in [1.54, 1.807) is 21.1 Å². The first-order valence-corrected chi connectivity index (χ1v) is 11.0. The lowest BCUT2D eigenvalue weighted by Crippen LogP contribution is -2.51. The van der Waals surface area contributed by atoms with Crippen molar-refractivity contribution in [3.8, 4) is 9.88 Å². The highest BCUT2D eigenvalue weighted by Crippen LogP contribution is 2.34. The van der Waals surface area contributed by atoms with Crippen molar-refractivity contribution in [3.63, 3.8) is 0 Å². The van der Waals surface area contributed by atoms with Gasteiger partial charge in [-0.1, -0.05) is 12.1 Å². The lowest BCUT2D eigenvalue weighted by molar-refractivity contribution is -0.133. The highest BCUT2D eigenvalue weighted by atomic mass is 32.1. The second kappa shape index (κ2) is 7.92. The molecule has 1 aromatic carbocycles. The van der Waals surface area contributed by atoms with Crippen molar-refractivity contribution in [1.29, 1.82) is 0 Å². The van der Waals surface area contributed by atoms with Crippen molar-refractivity contribution in [2.45, 2.75) is 6.54 Å². The molecule has 1 aliphatic rings. The monoisotopic (exact) mass is 439 g/mol. The van der Waals surface area contributed by atoms with E-state index in [1.807, 2.05) is 30.3 Å². The zero-order chi connectivity index (χ0) is 20.5. The molecule has 0 saturated carbocycles. The van der Waals surface area contributed by atoms with Crippen LogP contribution in [0.4, 0.5) is 0 Å². The third-order valence-electron chi connectivity index (χ3n) is 4.93. The molecular weight excluding hydrogens is 422 g/mol. The quantitative estimate of drug-likeness (QED) is 0.482. The summed E-state index contributed by atoms with van der Waals surface area (Å²) in [6.45, 7) is 2.13. The maximum absolute atomic E-state index is 12.9. The molecule has 3 aromatic heterocycles.